The zero-order valence-corrected chi connectivity index (χ0v) is 16.7. The number of carbonyl (C=O) groups excluding carboxylic acids is 2. The number of benzene rings is 3. The number of H-pyrrole nitrogens is 1. The topological polar surface area (TPSA) is 84.1 Å². The molecular weight excluding hydrogens is 378 g/mol. The number of aryl methyl sites for hydroxylation is 1. The van der Waals surface area contributed by atoms with Crippen LogP contribution in [0.2, 0.25) is 0 Å². The summed E-state index contributed by atoms with van der Waals surface area (Å²) in [6.07, 6.45) is -1.05. The highest BCUT2D eigenvalue weighted by atomic mass is 16.5. The van der Waals surface area contributed by atoms with Crippen molar-refractivity contribution in [2.75, 3.05) is 5.32 Å². The number of fused-ring (bicyclic) bond motifs is 1. The maximum absolute atomic E-state index is 12.9. The zero-order valence-electron chi connectivity index (χ0n) is 16.7. The molecule has 1 amide bonds. The van der Waals surface area contributed by atoms with Crippen molar-refractivity contribution in [1.29, 1.82) is 0 Å². The second-order valence-corrected chi connectivity index (χ2v) is 7.09. The van der Waals surface area contributed by atoms with E-state index in [0.717, 1.165) is 22.0 Å². The summed E-state index contributed by atoms with van der Waals surface area (Å²) < 4.78 is 5.26. The number of esters is 1. The highest BCUT2D eigenvalue weighted by Gasteiger charge is 2.25. The van der Waals surface area contributed by atoms with E-state index < -0.39 is 18.0 Å². The van der Waals surface area contributed by atoms with E-state index in [9.17, 15) is 9.59 Å². The summed E-state index contributed by atoms with van der Waals surface area (Å²) >= 11 is 0. The molecule has 0 aliphatic carbocycles. The van der Waals surface area contributed by atoms with E-state index >= 15 is 0 Å². The molecule has 6 nitrogen and oxygen atoms in total. The number of rotatable bonds is 5. The van der Waals surface area contributed by atoms with Gasteiger partial charge < -0.3 is 10.1 Å². The first-order valence-corrected chi connectivity index (χ1v) is 9.59. The largest absolute Gasteiger partial charge is 0.447 e. The molecule has 0 bridgehead atoms. The summed E-state index contributed by atoms with van der Waals surface area (Å²) in [6.45, 7) is 3.33. The molecule has 0 saturated carbocycles. The molecule has 0 spiro atoms. The van der Waals surface area contributed by atoms with Gasteiger partial charge in [0.15, 0.2) is 5.82 Å². The molecule has 0 fully saturated rings. The van der Waals surface area contributed by atoms with Gasteiger partial charge in [0, 0.05) is 17.9 Å². The van der Waals surface area contributed by atoms with Crippen LogP contribution in [0.3, 0.4) is 0 Å². The predicted molar refractivity (Wildman–Crippen MR) is 116 cm³/mol. The first-order chi connectivity index (χ1) is 14.5. The number of anilines is 1. The molecule has 0 aliphatic heterocycles. The fourth-order valence-electron chi connectivity index (χ4n) is 3.37. The SMILES string of the molecule is CC(=O)OC(C(=O)Nc1n[nH]c2cc(-c3cccc(C)c3)ccc12)c1ccccc1. The Labute approximate surface area is 173 Å². The van der Waals surface area contributed by atoms with E-state index in [0.29, 0.717) is 11.4 Å². The Hall–Kier alpha value is -3.93. The first-order valence-electron chi connectivity index (χ1n) is 9.59. The Morgan fingerprint density at radius 3 is 2.47 bits per heavy atom. The highest BCUT2D eigenvalue weighted by molar-refractivity contribution is 6.02. The molecule has 150 valence electrons. The van der Waals surface area contributed by atoms with Crippen LogP contribution in [0, 0.1) is 6.92 Å². The van der Waals surface area contributed by atoms with Crippen LogP contribution >= 0.6 is 0 Å². The van der Waals surface area contributed by atoms with Crippen LogP contribution in [0.4, 0.5) is 5.82 Å². The van der Waals surface area contributed by atoms with Gasteiger partial charge in [0.25, 0.3) is 5.91 Å². The summed E-state index contributed by atoms with van der Waals surface area (Å²) in [6, 6.07) is 23.0. The van der Waals surface area contributed by atoms with E-state index in [4.69, 9.17) is 4.74 Å². The summed E-state index contributed by atoms with van der Waals surface area (Å²) in [5, 5.41) is 10.8. The maximum Gasteiger partial charge on any atom is 0.303 e. The quantitative estimate of drug-likeness (QED) is 0.473. The Morgan fingerprint density at radius 2 is 1.73 bits per heavy atom. The lowest BCUT2D eigenvalue weighted by molar-refractivity contribution is -0.152. The molecule has 4 rings (SSSR count). The number of nitrogens with zero attached hydrogens (tertiary/aromatic N) is 1. The predicted octanol–water partition coefficient (Wildman–Crippen LogP) is 4.78. The van der Waals surface area contributed by atoms with Gasteiger partial charge in [-0.3, -0.25) is 14.7 Å². The zero-order chi connectivity index (χ0) is 21.1. The van der Waals surface area contributed by atoms with Crippen molar-refractivity contribution in [2.45, 2.75) is 20.0 Å². The van der Waals surface area contributed by atoms with E-state index in [1.807, 2.05) is 30.3 Å². The normalized spacial score (nSPS) is 11.8. The molecule has 1 heterocycles. The van der Waals surface area contributed by atoms with Gasteiger partial charge in [-0.2, -0.15) is 5.10 Å². The van der Waals surface area contributed by atoms with E-state index in [2.05, 4.69) is 40.6 Å². The van der Waals surface area contributed by atoms with Crippen LogP contribution in [-0.2, 0) is 14.3 Å². The molecular formula is C24H21N3O3. The van der Waals surface area contributed by atoms with Crippen molar-refractivity contribution >= 4 is 28.6 Å². The van der Waals surface area contributed by atoms with Gasteiger partial charge in [-0.05, 0) is 30.2 Å². The van der Waals surface area contributed by atoms with Gasteiger partial charge in [-0.25, -0.2) is 0 Å². The number of hydrogen-bond donors (Lipinski definition) is 2. The second-order valence-electron chi connectivity index (χ2n) is 7.09. The molecule has 6 heteroatoms. The monoisotopic (exact) mass is 399 g/mol. The van der Waals surface area contributed by atoms with Crippen molar-refractivity contribution in [1.82, 2.24) is 10.2 Å². The minimum atomic E-state index is -1.05. The average Bonchev–Trinajstić information content (AvgIpc) is 3.14. The van der Waals surface area contributed by atoms with Crippen molar-refractivity contribution in [2.24, 2.45) is 0 Å². The number of aromatic amines is 1. The van der Waals surface area contributed by atoms with Gasteiger partial charge in [0.2, 0.25) is 6.10 Å². The van der Waals surface area contributed by atoms with Crippen molar-refractivity contribution in [3.8, 4) is 11.1 Å². The number of aromatic nitrogens is 2. The van der Waals surface area contributed by atoms with Crippen LogP contribution in [-0.4, -0.2) is 22.1 Å². The fourth-order valence-corrected chi connectivity index (χ4v) is 3.37. The molecule has 2 N–H and O–H groups in total. The highest BCUT2D eigenvalue weighted by Crippen LogP contribution is 2.28. The number of hydrogen-bond acceptors (Lipinski definition) is 4. The average molecular weight is 399 g/mol. The molecule has 1 unspecified atom stereocenters. The number of nitrogens with one attached hydrogen (secondary N) is 2. The van der Waals surface area contributed by atoms with Crippen molar-refractivity contribution in [3.05, 3.63) is 83.9 Å². The minimum absolute atomic E-state index is 0.388. The molecule has 1 aromatic heterocycles. The molecule has 0 aliphatic rings. The molecule has 30 heavy (non-hydrogen) atoms. The van der Waals surface area contributed by atoms with Crippen LogP contribution in [0.25, 0.3) is 22.0 Å². The lowest BCUT2D eigenvalue weighted by atomic mass is 10.0. The first kappa shape index (κ1) is 19.4. The van der Waals surface area contributed by atoms with E-state index in [-0.39, 0.29) is 0 Å². The summed E-state index contributed by atoms with van der Waals surface area (Å²) in [5.41, 5.74) is 4.73. The molecule has 1 atom stereocenters. The Kier molecular flexibility index (Phi) is 5.30. The van der Waals surface area contributed by atoms with Gasteiger partial charge in [0.1, 0.15) is 0 Å². The van der Waals surface area contributed by atoms with Gasteiger partial charge in [0.05, 0.1) is 5.52 Å². The smallest absolute Gasteiger partial charge is 0.303 e. The van der Waals surface area contributed by atoms with E-state index in [1.165, 1.54) is 12.5 Å². The standard InChI is InChI=1S/C24H21N3O3/c1-15-7-6-10-18(13-15)19-11-12-20-21(14-19)26-27-23(20)25-24(29)22(30-16(2)28)17-8-4-3-5-9-17/h3-14,22H,1-2H3,(H2,25,26,27,29). The van der Waals surface area contributed by atoms with Crippen LogP contribution < -0.4 is 5.32 Å². The maximum atomic E-state index is 12.9. The lowest BCUT2D eigenvalue weighted by Gasteiger charge is -2.16. The number of carbonyl (C=O) groups is 2. The van der Waals surface area contributed by atoms with Crippen LogP contribution in [0.1, 0.15) is 24.2 Å². The number of ether oxygens (including phenoxy) is 1. The molecule has 0 saturated heterocycles. The van der Waals surface area contributed by atoms with E-state index in [1.54, 1.807) is 24.3 Å². The van der Waals surface area contributed by atoms with Gasteiger partial charge >= 0.3 is 5.97 Å². The third-order valence-corrected chi connectivity index (χ3v) is 4.78. The summed E-state index contributed by atoms with van der Waals surface area (Å²) in [5.74, 6) is -0.611. The van der Waals surface area contributed by atoms with Crippen LogP contribution in [0.15, 0.2) is 72.8 Å². The molecule has 0 radical (unpaired) electrons. The summed E-state index contributed by atoms with van der Waals surface area (Å²) in [4.78, 5) is 24.4. The number of amides is 1. The van der Waals surface area contributed by atoms with Gasteiger partial charge in [-0.15, -0.1) is 0 Å². The van der Waals surface area contributed by atoms with Gasteiger partial charge in [-0.1, -0.05) is 66.2 Å². The molecule has 3 aromatic carbocycles. The third kappa shape index (κ3) is 4.07. The van der Waals surface area contributed by atoms with Crippen LogP contribution in [0.5, 0.6) is 0 Å². The van der Waals surface area contributed by atoms with Crippen molar-refractivity contribution in [3.63, 3.8) is 0 Å². The lowest BCUT2D eigenvalue weighted by Crippen LogP contribution is -2.25. The summed E-state index contributed by atoms with van der Waals surface area (Å²) in [7, 11) is 0. The Bertz CT molecular complexity index is 1210. The Morgan fingerprint density at radius 1 is 0.967 bits per heavy atom. The third-order valence-electron chi connectivity index (χ3n) is 4.78. The fraction of sp³-hybridized carbons (Fsp3) is 0.125. The Balaban J connectivity index is 1.61. The van der Waals surface area contributed by atoms with Crippen molar-refractivity contribution < 1.29 is 14.3 Å². The second kappa shape index (κ2) is 8.21. The minimum Gasteiger partial charge on any atom is -0.447 e. The molecule has 4 aromatic rings.